The first kappa shape index (κ1) is 13.3. The molecule has 1 aliphatic heterocycles. The van der Waals surface area contributed by atoms with Crippen molar-refractivity contribution in [2.45, 2.75) is 20.3 Å². The Bertz CT molecular complexity index is 390. The first-order valence-corrected chi connectivity index (χ1v) is 5.95. The number of carbonyl (C=O) groups is 1. The number of nitrogens with zero attached hydrogens (tertiary/aromatic N) is 1. The molecule has 2 rings (SSSR count). The van der Waals surface area contributed by atoms with Gasteiger partial charge < -0.3 is 9.32 Å². The summed E-state index contributed by atoms with van der Waals surface area (Å²) < 4.78 is 5.30. The molecule has 1 aliphatic rings. The molecule has 1 aromatic heterocycles. The Morgan fingerprint density at radius 2 is 2.29 bits per heavy atom. The van der Waals surface area contributed by atoms with Crippen molar-refractivity contribution in [2.75, 3.05) is 13.1 Å². The number of hydrogen-bond donors (Lipinski definition) is 0. The second-order valence-electron chi connectivity index (χ2n) is 3.46. The van der Waals surface area contributed by atoms with Crippen molar-refractivity contribution in [2.24, 2.45) is 0 Å². The van der Waals surface area contributed by atoms with E-state index in [2.05, 4.69) is 12.7 Å². The van der Waals surface area contributed by atoms with Gasteiger partial charge in [0.1, 0.15) is 5.76 Å². The molecule has 3 nitrogen and oxygen atoms in total. The first-order valence-electron chi connectivity index (χ1n) is 5.95. The van der Waals surface area contributed by atoms with Gasteiger partial charge in [0.2, 0.25) is 5.91 Å². The summed E-state index contributed by atoms with van der Waals surface area (Å²) in [4.78, 5) is 13.2. The fraction of sp³-hybridized carbons (Fsp3) is 0.357. The van der Waals surface area contributed by atoms with Crippen LogP contribution in [-0.4, -0.2) is 23.9 Å². The molecule has 0 bridgehead atoms. The lowest BCUT2D eigenvalue weighted by molar-refractivity contribution is -0.125. The average Bonchev–Trinajstić information content (AvgIpc) is 2.94. The van der Waals surface area contributed by atoms with Crippen LogP contribution in [0, 0.1) is 0 Å². The van der Waals surface area contributed by atoms with Crippen LogP contribution in [0.25, 0.3) is 5.57 Å². The van der Waals surface area contributed by atoms with Gasteiger partial charge in [0, 0.05) is 18.7 Å². The van der Waals surface area contributed by atoms with Crippen molar-refractivity contribution in [1.82, 2.24) is 4.90 Å². The highest BCUT2D eigenvalue weighted by Gasteiger charge is 2.17. The van der Waals surface area contributed by atoms with Crippen LogP contribution in [-0.2, 0) is 4.79 Å². The van der Waals surface area contributed by atoms with Gasteiger partial charge in [-0.3, -0.25) is 4.79 Å². The number of hydrogen-bond acceptors (Lipinski definition) is 2. The monoisotopic (exact) mass is 233 g/mol. The summed E-state index contributed by atoms with van der Waals surface area (Å²) in [6.07, 6.45) is 5.98. The molecule has 0 saturated carbocycles. The van der Waals surface area contributed by atoms with Crippen molar-refractivity contribution in [3.63, 3.8) is 0 Å². The van der Waals surface area contributed by atoms with E-state index in [-0.39, 0.29) is 5.91 Å². The Labute approximate surface area is 102 Å². The van der Waals surface area contributed by atoms with E-state index in [9.17, 15) is 4.79 Å². The lowest BCUT2D eigenvalue weighted by Crippen LogP contribution is -2.34. The van der Waals surface area contributed by atoms with Gasteiger partial charge in [0.05, 0.1) is 6.26 Å². The zero-order chi connectivity index (χ0) is 12.7. The lowest BCUT2D eigenvalue weighted by atomic mass is 10.1. The molecule has 0 spiro atoms. The predicted molar refractivity (Wildman–Crippen MR) is 69.4 cm³/mol. The summed E-state index contributed by atoms with van der Waals surface area (Å²) >= 11 is 0. The van der Waals surface area contributed by atoms with Crippen LogP contribution in [0.3, 0.4) is 0 Å². The Morgan fingerprint density at radius 3 is 2.88 bits per heavy atom. The Kier molecular flexibility index (Phi) is 5.27. The largest absolute Gasteiger partial charge is 0.465 e. The van der Waals surface area contributed by atoms with Crippen molar-refractivity contribution in [3.8, 4) is 0 Å². The molecule has 0 atom stereocenters. The number of furan rings is 1. The number of rotatable bonds is 2. The summed E-state index contributed by atoms with van der Waals surface area (Å²) in [6.45, 7) is 8.86. The molecule has 1 amide bonds. The first-order chi connectivity index (χ1) is 8.31. The third-order valence-corrected chi connectivity index (χ3v) is 2.47. The Morgan fingerprint density at radius 1 is 1.53 bits per heavy atom. The van der Waals surface area contributed by atoms with Crippen molar-refractivity contribution in [3.05, 3.63) is 42.9 Å². The van der Waals surface area contributed by atoms with Gasteiger partial charge in [0.15, 0.2) is 0 Å². The Balaban J connectivity index is 0.000000686. The van der Waals surface area contributed by atoms with Crippen molar-refractivity contribution < 1.29 is 9.21 Å². The van der Waals surface area contributed by atoms with E-state index in [1.54, 1.807) is 11.2 Å². The third-order valence-electron chi connectivity index (χ3n) is 2.47. The van der Waals surface area contributed by atoms with Crippen molar-refractivity contribution in [1.29, 1.82) is 0 Å². The maximum atomic E-state index is 11.4. The van der Waals surface area contributed by atoms with E-state index in [0.29, 0.717) is 6.54 Å². The number of carbonyl (C=O) groups excluding carboxylic acids is 1. The molecule has 17 heavy (non-hydrogen) atoms. The molecular formula is C14H19NO2. The zero-order valence-corrected chi connectivity index (χ0v) is 10.5. The second kappa shape index (κ2) is 6.74. The van der Waals surface area contributed by atoms with Crippen LogP contribution in [0.1, 0.15) is 26.0 Å². The highest BCUT2D eigenvalue weighted by atomic mass is 16.3. The van der Waals surface area contributed by atoms with Gasteiger partial charge in [-0.15, -0.1) is 0 Å². The second-order valence-corrected chi connectivity index (χ2v) is 3.46. The van der Waals surface area contributed by atoms with Gasteiger partial charge in [-0.1, -0.05) is 26.5 Å². The summed E-state index contributed by atoms with van der Waals surface area (Å²) in [5, 5.41) is 0. The molecule has 3 heteroatoms. The van der Waals surface area contributed by atoms with Crippen LogP contribution in [0.4, 0.5) is 0 Å². The van der Waals surface area contributed by atoms with Crippen LogP contribution < -0.4 is 0 Å². The van der Waals surface area contributed by atoms with Gasteiger partial charge in [-0.2, -0.15) is 0 Å². The van der Waals surface area contributed by atoms with Crippen molar-refractivity contribution >= 4 is 11.5 Å². The summed E-state index contributed by atoms with van der Waals surface area (Å²) in [5.74, 6) is 0.823. The SMILES string of the molecule is C=CC(=O)N1CCC=C(c2ccco2)C1.CC. The molecule has 1 aromatic rings. The maximum absolute atomic E-state index is 11.4. The fourth-order valence-corrected chi connectivity index (χ4v) is 1.70. The molecular weight excluding hydrogens is 214 g/mol. The van der Waals surface area contributed by atoms with E-state index >= 15 is 0 Å². The maximum Gasteiger partial charge on any atom is 0.246 e. The van der Waals surface area contributed by atoms with Gasteiger partial charge in [-0.25, -0.2) is 0 Å². The minimum atomic E-state index is -0.0212. The Hall–Kier alpha value is -1.77. The van der Waals surface area contributed by atoms with E-state index in [4.69, 9.17) is 4.42 Å². The molecule has 0 aliphatic carbocycles. The molecule has 0 aromatic carbocycles. The van der Waals surface area contributed by atoms with E-state index in [0.717, 1.165) is 24.3 Å². The summed E-state index contributed by atoms with van der Waals surface area (Å²) in [5.41, 5.74) is 1.07. The smallest absolute Gasteiger partial charge is 0.246 e. The molecule has 0 saturated heterocycles. The molecule has 92 valence electrons. The highest BCUT2D eigenvalue weighted by molar-refractivity contribution is 5.88. The van der Waals surface area contributed by atoms with E-state index in [1.165, 1.54) is 6.08 Å². The molecule has 0 unspecified atom stereocenters. The summed E-state index contributed by atoms with van der Waals surface area (Å²) in [7, 11) is 0. The minimum absolute atomic E-state index is 0.0212. The molecule has 0 fully saturated rings. The van der Waals surface area contributed by atoms with Crippen LogP contribution in [0.5, 0.6) is 0 Å². The standard InChI is InChI=1S/C12H13NO2.C2H6/c1-2-12(14)13-7-3-5-10(9-13)11-6-4-8-15-11;1-2/h2,4-6,8H,1,3,7,9H2;1-2H3. The van der Waals surface area contributed by atoms with Crippen LogP contribution >= 0.6 is 0 Å². The average molecular weight is 233 g/mol. The predicted octanol–water partition coefficient (Wildman–Crippen LogP) is 3.11. The third kappa shape index (κ3) is 3.34. The van der Waals surface area contributed by atoms with Gasteiger partial charge in [-0.05, 0) is 24.6 Å². The van der Waals surface area contributed by atoms with E-state index in [1.807, 2.05) is 26.0 Å². The van der Waals surface area contributed by atoms with E-state index < -0.39 is 0 Å². The molecule has 0 N–H and O–H groups in total. The van der Waals surface area contributed by atoms with Crippen LogP contribution in [0.2, 0.25) is 0 Å². The lowest BCUT2D eigenvalue weighted by Gasteiger charge is -2.25. The highest BCUT2D eigenvalue weighted by Crippen LogP contribution is 2.21. The number of amides is 1. The topological polar surface area (TPSA) is 33.5 Å². The van der Waals surface area contributed by atoms with Gasteiger partial charge >= 0.3 is 0 Å². The minimum Gasteiger partial charge on any atom is -0.465 e. The summed E-state index contributed by atoms with van der Waals surface area (Å²) in [6, 6.07) is 3.76. The fourth-order valence-electron chi connectivity index (χ4n) is 1.70. The quantitative estimate of drug-likeness (QED) is 0.735. The normalized spacial score (nSPS) is 14.5. The molecule has 0 radical (unpaired) electrons. The van der Waals surface area contributed by atoms with Crippen LogP contribution in [0.15, 0.2) is 41.5 Å². The van der Waals surface area contributed by atoms with Gasteiger partial charge in [0.25, 0.3) is 0 Å². The zero-order valence-electron chi connectivity index (χ0n) is 10.5. The molecule has 2 heterocycles.